The van der Waals surface area contributed by atoms with Crippen LogP contribution < -0.4 is 16.0 Å². The molecular formula is C107H133N4O32Pd-. The van der Waals surface area contributed by atoms with E-state index in [1.165, 1.54) is 70.7 Å². The van der Waals surface area contributed by atoms with Crippen LogP contribution in [0.1, 0.15) is 212 Å². The molecule has 0 spiro atoms. The van der Waals surface area contributed by atoms with Crippen LogP contribution in [-0.2, 0) is 127 Å². The van der Waals surface area contributed by atoms with E-state index in [9.17, 15) is 73.8 Å². The fourth-order valence-electron chi connectivity index (χ4n) is 22.9. The maximum Gasteiger partial charge on any atom is 0.410 e. The van der Waals surface area contributed by atoms with Gasteiger partial charge in [0.25, 0.3) is 0 Å². The first kappa shape index (κ1) is 112. The molecule has 0 aromatic heterocycles. The Hall–Kier alpha value is -11.2. The summed E-state index contributed by atoms with van der Waals surface area (Å²) in [6, 6.07) is 38.4. The van der Waals surface area contributed by atoms with Crippen LogP contribution in [0.25, 0.3) is 0 Å². The Kier molecular flexibility index (Phi) is 33.7. The summed E-state index contributed by atoms with van der Waals surface area (Å²) in [6.07, 6.45) is -23.0. The molecule has 5 aromatic rings. The van der Waals surface area contributed by atoms with Crippen LogP contribution in [0.3, 0.4) is 0 Å². The van der Waals surface area contributed by atoms with Crippen LogP contribution >= 0.6 is 0 Å². The van der Waals surface area contributed by atoms with Gasteiger partial charge in [-0.15, -0.1) is 0 Å². The average Bonchev–Trinajstić information content (AvgIpc) is 0.670. The number of carbonyl (C=O) groups is 13. The third-order valence-corrected chi connectivity index (χ3v) is 30.5. The molecule has 144 heavy (non-hydrogen) atoms. The molecule has 4 bridgehead atoms. The monoisotopic (exact) mass is 2090 g/mol. The number of Topliss-reactive ketones (excluding diaryl/α,β-unsaturated/α-hetero) is 2. The number of fused-ring (bicyclic) bond motifs is 10. The summed E-state index contributed by atoms with van der Waals surface area (Å²) >= 11 is 0. The SMILES string of the molecule is CC(=O)O[C@@]12CO[C@@H]1C[C@H](O)[C@@]1(C)C(=O)[C@H](O)C3=C(C)[C@@H](OC(=O)[C@H](OC(=O)C4CCN(C(=O)OCc5ccccc5)CC4)[C@@H](NC(=O)OC(C)(C)C)c4ccccc4)C[C@@](O)([C@@H](OC(=O)c4ccccc4)[C@H]21)C3(C)C.CC(=O)O[C@@]12CO[C@@H]1C[C@H](O)[C@@]1(C)C(=O)[C@H](O)C3=C(C)[C@@H](OC(=O)[C@H](OC(=O)C4CCNCC4)[C@@H](NC(=O)OC(C)(C)C)c4ccccc4)C[C@@](O)([C@@H](OC(=O)c4ccccc4)[C@H]21)C3(C)C.[CH3-].[Pd]. The van der Waals surface area contributed by atoms with E-state index in [1.54, 1.807) is 152 Å². The molecule has 0 unspecified atom stereocenters. The molecule has 5 aromatic carbocycles. The van der Waals surface area contributed by atoms with Gasteiger partial charge in [-0.05, 0) is 171 Å². The number of piperidine rings is 2. The van der Waals surface area contributed by atoms with Gasteiger partial charge in [0, 0.05) is 83.9 Å². The van der Waals surface area contributed by atoms with E-state index in [2.05, 4.69) is 16.0 Å². The molecule has 784 valence electrons. The summed E-state index contributed by atoms with van der Waals surface area (Å²) in [5, 5.41) is 85.1. The van der Waals surface area contributed by atoms with Crippen LogP contribution in [0.4, 0.5) is 14.4 Å². The topological polar surface area (TPSA) is 503 Å². The van der Waals surface area contributed by atoms with Crippen molar-refractivity contribution in [1.29, 1.82) is 0 Å². The van der Waals surface area contributed by atoms with Crippen LogP contribution in [0.15, 0.2) is 174 Å². The first-order valence-corrected chi connectivity index (χ1v) is 48.2. The van der Waals surface area contributed by atoms with E-state index in [0.29, 0.717) is 37.1 Å². The van der Waals surface area contributed by atoms with Gasteiger partial charge in [-0.2, -0.15) is 0 Å². The number of hydrogen-bond donors (Lipinski definition) is 9. The van der Waals surface area contributed by atoms with Crippen molar-refractivity contribution < 1.29 is 175 Å². The molecule has 4 saturated carbocycles. The Morgan fingerprint density at radius 2 is 0.833 bits per heavy atom. The smallest absolute Gasteiger partial charge is 0.410 e. The number of nitrogens with zero attached hydrogens (tertiary/aromatic N) is 1. The summed E-state index contributed by atoms with van der Waals surface area (Å²) in [5.41, 5.74) is -16.3. The number of amides is 3. The number of rotatable bonds is 22. The molecule has 10 aliphatic rings. The standard InChI is InChI=1S/C57H68N2O17.C49H62N2O15.CH3.Pd/c1-32-38(29-57(69)47(74-49(65)36-22-16-11-17-23-36)45-55(8,46(63)43(62)41(32)54(57,6)7)39(61)28-40-56(45,31-71-40)75-33(2)60)72-50(66)44(42(35-20-14-10-15-21-35)58-51(67)76-53(3,4)5)73-48(64)37-24-26-59(27-25-37)52(68)70-30-34-18-12-9-13-19-34;1-26-31(62-43(58)37(63-41(56)30-19-21-50-22-20-30)35(28-15-11-9-12-16-28)51-44(59)66-45(3,4)5)24-49(60)40(64-42(57)29-17-13-10-14-18-29)38-47(8,39(55)36(54)34(26)46(49,6)7)32(53)23-33-48(38,25-61-33)65-27(2)52;;/h9-23,37-40,42-45,47,61-62,69H,24-31H2,1-8H3,(H,58,67);9-18,30-33,35-38,40,50,53-54,60H,19-25H2,1-8H3,(H,51,59);1H3;/q;;-1;/t38-,39-,40+,42-,43+,44+,45-,47-,55+,56-,57+;31-,32-,33+,35-,36+,37+,38-,40-,47+,48-,49+;;/m00../s1. The van der Waals surface area contributed by atoms with Crippen molar-refractivity contribution in [3.63, 3.8) is 0 Å². The summed E-state index contributed by atoms with van der Waals surface area (Å²) in [7, 11) is 0. The molecule has 0 radical (unpaired) electrons. The molecular weight excluding hydrogens is 1960 g/mol. The molecule has 3 amide bonds. The number of nitrogens with one attached hydrogen (secondary N) is 3. The molecule has 36 nitrogen and oxygen atoms in total. The van der Waals surface area contributed by atoms with E-state index < -0.39 is 255 Å². The summed E-state index contributed by atoms with van der Waals surface area (Å²) in [6.45, 7) is 24.9. The molecule has 22 atom stereocenters. The summed E-state index contributed by atoms with van der Waals surface area (Å²) in [4.78, 5) is 186. The van der Waals surface area contributed by atoms with Gasteiger partial charge in [0.15, 0.2) is 22.8 Å². The fraction of sp³-hybridized carbons (Fsp3) is 0.551. The predicted octanol–water partition coefficient (Wildman–Crippen LogP) is 10.1. The van der Waals surface area contributed by atoms with Crippen molar-refractivity contribution in [2.24, 2.45) is 45.3 Å². The zero-order chi connectivity index (χ0) is 103. The number of carbonyl (C=O) groups excluding carboxylic acids is 13. The van der Waals surface area contributed by atoms with Gasteiger partial charge in [-0.1, -0.05) is 155 Å². The zero-order valence-electron chi connectivity index (χ0n) is 84.0. The van der Waals surface area contributed by atoms with Gasteiger partial charge in [0.2, 0.25) is 12.2 Å². The fourth-order valence-corrected chi connectivity index (χ4v) is 22.9. The number of likely N-dealkylation sites (tertiary alicyclic amines) is 1. The van der Waals surface area contributed by atoms with Gasteiger partial charge in [0.1, 0.15) is 89.9 Å². The predicted molar refractivity (Wildman–Crippen MR) is 508 cm³/mol. The van der Waals surface area contributed by atoms with Crippen molar-refractivity contribution in [3.8, 4) is 0 Å². The number of benzene rings is 5. The maximum atomic E-state index is 15.3. The minimum absolute atomic E-state index is 0. The number of alkyl carbamates (subject to hydrolysis) is 2. The Balaban J connectivity index is 0.000000256. The summed E-state index contributed by atoms with van der Waals surface area (Å²) in [5.74, 6) is -13.9. The van der Waals surface area contributed by atoms with Gasteiger partial charge in [-0.25, -0.2) is 33.6 Å². The van der Waals surface area contributed by atoms with E-state index in [0.717, 1.165) is 19.4 Å². The minimum atomic E-state index is -2.45. The number of ether oxygens (including phenoxy) is 13. The molecule has 37 heteroatoms. The number of aliphatic hydroxyl groups excluding tert-OH is 4. The second kappa shape index (κ2) is 43.4. The van der Waals surface area contributed by atoms with Crippen LogP contribution in [0, 0.1) is 52.8 Å². The van der Waals surface area contributed by atoms with Gasteiger partial charge >= 0.3 is 66.0 Å². The van der Waals surface area contributed by atoms with Crippen molar-refractivity contribution in [2.45, 2.75) is 288 Å². The van der Waals surface area contributed by atoms with Crippen molar-refractivity contribution in [1.82, 2.24) is 20.9 Å². The van der Waals surface area contributed by atoms with Crippen molar-refractivity contribution in [2.75, 3.05) is 39.4 Å². The minimum Gasteiger partial charge on any atom is -0.455 e. The van der Waals surface area contributed by atoms with Gasteiger partial charge < -0.3 is 120 Å². The number of hydrogen-bond acceptors (Lipinski definition) is 33. The number of aliphatic hydroxyl groups is 6. The third-order valence-electron chi connectivity index (χ3n) is 30.5. The van der Waals surface area contributed by atoms with Crippen molar-refractivity contribution in [3.05, 3.63) is 209 Å². The van der Waals surface area contributed by atoms with Crippen LogP contribution in [-0.4, -0.2) is 259 Å². The van der Waals surface area contributed by atoms with Gasteiger partial charge in [-0.3, -0.25) is 28.8 Å². The quantitative estimate of drug-likeness (QED) is 0.0102. The zero-order valence-corrected chi connectivity index (χ0v) is 85.5. The van der Waals surface area contributed by atoms with E-state index in [1.807, 2.05) is 30.3 Å². The second-order valence-electron chi connectivity index (χ2n) is 42.3. The van der Waals surface area contributed by atoms with E-state index in [-0.39, 0.29) is 120 Å². The normalized spacial score (nSPS) is 30.7. The van der Waals surface area contributed by atoms with Crippen LogP contribution in [0.2, 0.25) is 0 Å². The van der Waals surface area contributed by atoms with E-state index in [4.69, 9.17) is 61.6 Å². The summed E-state index contributed by atoms with van der Waals surface area (Å²) < 4.78 is 78.4. The van der Waals surface area contributed by atoms with Crippen molar-refractivity contribution >= 4 is 77.6 Å². The van der Waals surface area contributed by atoms with E-state index >= 15 is 19.2 Å². The molecule has 4 aliphatic heterocycles. The molecule has 15 rings (SSSR count). The third kappa shape index (κ3) is 21.5. The Morgan fingerprint density at radius 1 is 0.493 bits per heavy atom. The molecule has 4 saturated heterocycles. The van der Waals surface area contributed by atoms with Gasteiger partial charge in [0.05, 0.1) is 71.1 Å². The molecule has 6 aliphatic carbocycles. The number of ketones is 2. The molecule has 9 N–H and O–H groups in total. The Morgan fingerprint density at radius 3 is 1.17 bits per heavy atom. The molecule has 8 fully saturated rings. The Labute approximate surface area is 850 Å². The molecule has 4 heterocycles. The maximum absolute atomic E-state index is 15.3. The average molecular weight is 2090 g/mol. The first-order chi connectivity index (χ1) is 66.8. The largest absolute Gasteiger partial charge is 0.455 e. The Bertz CT molecular complexity index is 5640. The van der Waals surface area contributed by atoms with Crippen LogP contribution in [0.5, 0.6) is 0 Å². The second-order valence-corrected chi connectivity index (χ2v) is 42.3. The number of esters is 8. The first-order valence-electron chi connectivity index (χ1n) is 48.2.